The summed E-state index contributed by atoms with van der Waals surface area (Å²) in [6.45, 7) is 7.78. The first-order valence-corrected chi connectivity index (χ1v) is 6.78. The Labute approximate surface area is 128 Å². The summed E-state index contributed by atoms with van der Waals surface area (Å²) in [6, 6.07) is 5.10. The Bertz CT molecular complexity index is 707. The third-order valence-corrected chi connectivity index (χ3v) is 2.89. The van der Waals surface area contributed by atoms with Crippen LogP contribution in [0.5, 0.6) is 5.75 Å². The van der Waals surface area contributed by atoms with E-state index >= 15 is 0 Å². The number of carboxylic acid groups (broad SMARTS) is 1. The average Bonchev–Trinajstić information content (AvgIpc) is 2.85. The van der Waals surface area contributed by atoms with E-state index in [2.05, 4.69) is 16.9 Å². The van der Waals surface area contributed by atoms with E-state index in [1.165, 1.54) is 4.68 Å². The molecule has 3 N–H and O–H groups in total. The largest absolute Gasteiger partial charge is 0.489 e. The van der Waals surface area contributed by atoms with Gasteiger partial charge in [-0.15, -0.1) is 11.7 Å². The van der Waals surface area contributed by atoms with Gasteiger partial charge < -0.3 is 15.6 Å². The van der Waals surface area contributed by atoms with Gasteiger partial charge >= 0.3 is 5.97 Å². The molecule has 7 heteroatoms. The molecule has 1 heterocycles. The smallest absolute Gasteiger partial charge is 0.358 e. The molecule has 7 nitrogen and oxygen atoms in total. The summed E-state index contributed by atoms with van der Waals surface area (Å²) < 4.78 is 7.04. The van der Waals surface area contributed by atoms with Gasteiger partial charge in [-0.25, -0.2) is 9.48 Å². The predicted molar refractivity (Wildman–Crippen MR) is 82.8 cm³/mol. The molecule has 0 unspecified atom stereocenters. The van der Waals surface area contributed by atoms with Crippen LogP contribution in [0.25, 0.3) is 11.3 Å². The second-order valence-electron chi connectivity index (χ2n) is 4.98. The number of anilines is 1. The number of carboxylic acids is 1. The Balaban J connectivity index is 2.51. The van der Waals surface area contributed by atoms with Crippen LogP contribution in [-0.4, -0.2) is 32.2 Å². The van der Waals surface area contributed by atoms with Crippen molar-refractivity contribution in [3.8, 4) is 17.0 Å². The van der Waals surface area contributed by atoms with Gasteiger partial charge in [0.05, 0.1) is 18.3 Å². The molecule has 0 aliphatic heterocycles. The predicted octanol–water partition coefficient (Wildman–Crippen LogP) is 2.20. The third-order valence-electron chi connectivity index (χ3n) is 2.89. The molecule has 1 aromatic carbocycles. The zero-order valence-corrected chi connectivity index (χ0v) is 12.5. The lowest BCUT2D eigenvalue weighted by atomic mass is 10.1. The number of hydrogen-bond acceptors (Lipinski definition) is 5. The topological polar surface area (TPSA) is 103 Å². The van der Waals surface area contributed by atoms with E-state index in [-0.39, 0.29) is 11.8 Å². The lowest BCUT2D eigenvalue weighted by molar-refractivity contribution is 0.0691. The Kier molecular flexibility index (Phi) is 4.45. The van der Waals surface area contributed by atoms with Crippen LogP contribution in [0, 0.1) is 0 Å². The Morgan fingerprint density at radius 3 is 2.82 bits per heavy atom. The van der Waals surface area contributed by atoms with Crippen molar-refractivity contribution in [1.29, 1.82) is 0 Å². The SMILES string of the molecule is C=CCn1nnc(C(=O)O)c1-c1ccc(OC(C)C)c(N)c1. The van der Waals surface area contributed by atoms with Crippen molar-refractivity contribution in [2.24, 2.45) is 0 Å². The normalized spacial score (nSPS) is 10.7. The van der Waals surface area contributed by atoms with Gasteiger partial charge in [0, 0.05) is 5.56 Å². The number of ether oxygens (including phenoxy) is 1. The minimum Gasteiger partial charge on any atom is -0.489 e. The maximum Gasteiger partial charge on any atom is 0.358 e. The van der Waals surface area contributed by atoms with E-state index in [9.17, 15) is 9.90 Å². The van der Waals surface area contributed by atoms with Crippen LogP contribution in [0.1, 0.15) is 24.3 Å². The van der Waals surface area contributed by atoms with Crippen LogP contribution >= 0.6 is 0 Å². The Morgan fingerprint density at radius 2 is 2.27 bits per heavy atom. The third kappa shape index (κ3) is 3.08. The molecule has 0 atom stereocenters. The molecular weight excluding hydrogens is 284 g/mol. The minimum absolute atomic E-state index is 0.00399. The number of hydrogen-bond donors (Lipinski definition) is 2. The van der Waals surface area contributed by atoms with Crippen LogP contribution in [0.3, 0.4) is 0 Å². The summed E-state index contributed by atoms with van der Waals surface area (Å²) in [5.74, 6) is -0.593. The van der Waals surface area contributed by atoms with E-state index in [0.29, 0.717) is 29.2 Å². The van der Waals surface area contributed by atoms with Gasteiger partial charge in [-0.3, -0.25) is 0 Å². The standard InChI is InChI=1S/C15H18N4O3/c1-4-7-19-14(13(15(20)21)17-18-19)10-5-6-12(11(16)8-10)22-9(2)3/h4-6,8-9H,1,7,16H2,2-3H3,(H,20,21). The summed E-state index contributed by atoms with van der Waals surface area (Å²) in [5, 5.41) is 16.8. The van der Waals surface area contributed by atoms with Crippen molar-refractivity contribution in [1.82, 2.24) is 15.0 Å². The Hall–Kier alpha value is -2.83. The highest BCUT2D eigenvalue weighted by Gasteiger charge is 2.21. The highest BCUT2D eigenvalue weighted by atomic mass is 16.5. The molecule has 0 aliphatic rings. The number of carbonyl (C=O) groups is 1. The van der Waals surface area contributed by atoms with Gasteiger partial charge in [0.1, 0.15) is 11.4 Å². The second-order valence-corrected chi connectivity index (χ2v) is 4.98. The number of aromatic nitrogens is 3. The lowest BCUT2D eigenvalue weighted by Crippen LogP contribution is -2.08. The van der Waals surface area contributed by atoms with Gasteiger partial charge in [-0.05, 0) is 32.0 Å². The highest BCUT2D eigenvalue weighted by molar-refractivity contribution is 5.93. The number of rotatable bonds is 6. The maximum atomic E-state index is 11.3. The molecule has 22 heavy (non-hydrogen) atoms. The number of nitrogen functional groups attached to an aromatic ring is 1. The quantitative estimate of drug-likeness (QED) is 0.626. The number of nitrogens with two attached hydrogens (primary N) is 1. The van der Waals surface area contributed by atoms with Crippen LogP contribution in [-0.2, 0) is 6.54 Å². The first-order chi connectivity index (χ1) is 10.4. The average molecular weight is 302 g/mol. The summed E-state index contributed by atoms with van der Waals surface area (Å²) >= 11 is 0. The molecule has 2 aromatic rings. The molecule has 116 valence electrons. The number of nitrogens with zero attached hydrogens (tertiary/aromatic N) is 3. The van der Waals surface area contributed by atoms with E-state index in [4.69, 9.17) is 10.5 Å². The van der Waals surface area contributed by atoms with Gasteiger partial charge in [0.2, 0.25) is 0 Å². The van der Waals surface area contributed by atoms with Crippen molar-refractivity contribution in [2.45, 2.75) is 26.5 Å². The van der Waals surface area contributed by atoms with Gasteiger partial charge in [-0.1, -0.05) is 11.3 Å². The Morgan fingerprint density at radius 1 is 1.55 bits per heavy atom. The minimum atomic E-state index is -1.15. The molecule has 0 saturated heterocycles. The lowest BCUT2D eigenvalue weighted by Gasteiger charge is -2.13. The van der Waals surface area contributed by atoms with Crippen molar-refractivity contribution >= 4 is 11.7 Å². The summed E-state index contributed by atoms with van der Waals surface area (Å²) in [5.41, 5.74) is 7.28. The van der Waals surface area contributed by atoms with E-state index in [1.807, 2.05) is 13.8 Å². The fourth-order valence-corrected chi connectivity index (χ4v) is 2.05. The summed E-state index contributed by atoms with van der Waals surface area (Å²) in [7, 11) is 0. The van der Waals surface area contributed by atoms with E-state index in [1.54, 1.807) is 24.3 Å². The van der Waals surface area contributed by atoms with Crippen LogP contribution in [0.2, 0.25) is 0 Å². The molecule has 1 aromatic heterocycles. The molecule has 0 bridgehead atoms. The van der Waals surface area contributed by atoms with Crippen LogP contribution in [0.15, 0.2) is 30.9 Å². The fourth-order valence-electron chi connectivity index (χ4n) is 2.05. The highest BCUT2D eigenvalue weighted by Crippen LogP contribution is 2.30. The monoisotopic (exact) mass is 302 g/mol. The molecule has 0 spiro atoms. The molecule has 2 rings (SSSR count). The summed E-state index contributed by atoms with van der Waals surface area (Å²) in [4.78, 5) is 11.3. The molecular formula is C15H18N4O3. The molecule has 0 fully saturated rings. The van der Waals surface area contributed by atoms with Crippen LogP contribution < -0.4 is 10.5 Å². The second kappa shape index (κ2) is 6.30. The fraction of sp³-hybridized carbons (Fsp3) is 0.267. The zero-order chi connectivity index (χ0) is 16.3. The van der Waals surface area contributed by atoms with Crippen molar-refractivity contribution in [3.63, 3.8) is 0 Å². The van der Waals surface area contributed by atoms with Crippen molar-refractivity contribution in [3.05, 3.63) is 36.5 Å². The first-order valence-electron chi connectivity index (χ1n) is 6.78. The van der Waals surface area contributed by atoms with Crippen LogP contribution in [0.4, 0.5) is 5.69 Å². The van der Waals surface area contributed by atoms with Gasteiger partial charge in [-0.2, -0.15) is 0 Å². The summed E-state index contributed by atoms with van der Waals surface area (Å²) in [6.07, 6.45) is 1.61. The molecule has 0 amide bonds. The van der Waals surface area contributed by atoms with Crippen molar-refractivity contribution in [2.75, 3.05) is 5.73 Å². The number of allylic oxidation sites excluding steroid dienone is 1. The number of benzene rings is 1. The van der Waals surface area contributed by atoms with Gasteiger partial charge in [0.25, 0.3) is 0 Å². The number of aromatic carboxylic acids is 1. The molecule has 0 saturated carbocycles. The molecule has 0 aliphatic carbocycles. The van der Waals surface area contributed by atoms with Crippen molar-refractivity contribution < 1.29 is 14.6 Å². The molecule has 0 radical (unpaired) electrons. The maximum absolute atomic E-state index is 11.3. The van der Waals surface area contributed by atoms with E-state index < -0.39 is 5.97 Å². The van der Waals surface area contributed by atoms with Gasteiger partial charge in [0.15, 0.2) is 5.69 Å². The first kappa shape index (κ1) is 15.6. The van der Waals surface area contributed by atoms with E-state index in [0.717, 1.165) is 0 Å². The zero-order valence-electron chi connectivity index (χ0n) is 12.5.